The summed E-state index contributed by atoms with van der Waals surface area (Å²) in [4.78, 5) is 238. The number of aromatic nitrogens is 3. The number of hydrogen-bond acceptors (Lipinski definition) is 22. The van der Waals surface area contributed by atoms with E-state index in [-0.39, 0.29) is 115 Å². The molecule has 0 spiro atoms. The average Bonchev–Trinajstić information content (AvgIpc) is 1.81. The van der Waals surface area contributed by atoms with Gasteiger partial charge in [0, 0.05) is 125 Å². The molecule has 1 aliphatic rings. The van der Waals surface area contributed by atoms with Gasteiger partial charge in [0.05, 0.1) is 39.1 Å². The molecule has 8 rings (SSSR count). The summed E-state index contributed by atoms with van der Waals surface area (Å²) < 4.78 is 0. The van der Waals surface area contributed by atoms with Gasteiger partial charge in [0.25, 0.3) is 0 Å². The topological polar surface area (TPSA) is 564 Å². The fourth-order valence-corrected chi connectivity index (χ4v) is 15.0. The van der Waals surface area contributed by atoms with Crippen LogP contribution in [0.3, 0.4) is 0 Å². The van der Waals surface area contributed by atoms with Crippen LogP contribution in [0.15, 0.2) is 140 Å². The molecular weight excluding hydrogens is 1660 g/mol. The first-order valence-corrected chi connectivity index (χ1v) is 43.3. The van der Waals surface area contributed by atoms with Gasteiger partial charge in [0.15, 0.2) is 5.78 Å². The van der Waals surface area contributed by atoms with Gasteiger partial charge in [-0.3, -0.25) is 96.3 Å². The lowest BCUT2D eigenvalue weighted by atomic mass is 9.97. The van der Waals surface area contributed by atoms with Gasteiger partial charge in [-0.1, -0.05) is 143 Å². The molecule has 3 heterocycles. The Morgan fingerprint density at radius 2 is 0.929 bits per heavy atom. The number of carboxylic acids is 3. The van der Waals surface area contributed by atoms with Crippen LogP contribution in [-0.2, 0) is 97.6 Å². The number of nitrogens with two attached hydrogens (primary N) is 2. The number of carbonyl (C=O) groups is 16. The summed E-state index contributed by atoms with van der Waals surface area (Å²) in [6.45, 7) is 6.35. The summed E-state index contributed by atoms with van der Waals surface area (Å²) in [5.74, 6) is -14.5. The number of nitrogens with one attached hydrogen (secondary N) is 12. The minimum Gasteiger partial charge on any atom is -0.480 e. The number of carboxylic acid groups (broad SMARTS) is 3. The molecule has 1 aliphatic heterocycles. The Bertz CT molecular complexity index is 4940. The number of fused-ring (bicyclic) bond motifs is 2. The number of H-pyrrole nitrogens is 2. The van der Waals surface area contributed by atoms with E-state index in [0.717, 1.165) is 5.39 Å². The Morgan fingerprint density at radius 1 is 0.449 bits per heavy atom. The summed E-state index contributed by atoms with van der Waals surface area (Å²) in [6, 6.07) is 21.4. The number of para-hydroxylation sites is 1. The van der Waals surface area contributed by atoms with Crippen LogP contribution >= 0.6 is 11.8 Å². The van der Waals surface area contributed by atoms with Crippen molar-refractivity contribution in [3.8, 4) is 0 Å². The van der Waals surface area contributed by atoms with Gasteiger partial charge >= 0.3 is 17.9 Å². The molecule has 127 heavy (non-hydrogen) atoms. The highest BCUT2D eigenvalue weighted by molar-refractivity contribution is 7.98. The van der Waals surface area contributed by atoms with E-state index >= 15 is 14.4 Å². The third kappa shape index (κ3) is 32.5. The summed E-state index contributed by atoms with van der Waals surface area (Å²) in [6.07, 6.45) is 4.59. The lowest BCUT2D eigenvalue weighted by Crippen LogP contribution is -2.60. The number of carbonyl (C=O) groups excluding carboxylic acids is 13. The molecule has 0 radical (unpaired) electrons. The lowest BCUT2D eigenvalue weighted by Gasteiger charge is -2.33. The molecule has 39 heteroatoms. The molecule has 1 unspecified atom stereocenters. The molecule has 9 atom stereocenters. The van der Waals surface area contributed by atoms with Crippen LogP contribution in [0, 0.1) is 11.8 Å². The quantitative estimate of drug-likeness (QED) is 0.0218. The van der Waals surface area contributed by atoms with Crippen LogP contribution in [0.4, 0.5) is 0 Å². The minimum atomic E-state index is -1.73. The third-order valence-corrected chi connectivity index (χ3v) is 22.0. The number of primary amides is 2. The van der Waals surface area contributed by atoms with Gasteiger partial charge in [-0.25, -0.2) is 4.98 Å². The molecule has 1 saturated heterocycles. The fraction of sp³-hybridized carbons (Fsp3) is 0.443. The molecule has 1 fully saturated rings. The Hall–Kier alpha value is -13.0. The Labute approximate surface area is 738 Å². The zero-order valence-electron chi connectivity index (χ0n) is 71.9. The normalized spacial score (nSPS) is 15.3. The average molecular weight is 1780 g/mol. The Morgan fingerprint density at radius 3 is 1.49 bits per heavy atom. The van der Waals surface area contributed by atoms with Crippen LogP contribution in [0.5, 0.6) is 0 Å². The second-order valence-corrected chi connectivity index (χ2v) is 33.1. The molecular formula is C88H115N19O19S. The van der Waals surface area contributed by atoms with E-state index in [0.29, 0.717) is 50.0 Å². The van der Waals surface area contributed by atoms with Crippen molar-refractivity contribution >= 4 is 128 Å². The molecule has 7 aromatic rings. The lowest BCUT2D eigenvalue weighted by molar-refractivity contribution is -0.140. The third-order valence-electron chi connectivity index (χ3n) is 21.4. The number of thioether (sulfide) groups is 1. The molecule has 0 bridgehead atoms. The van der Waals surface area contributed by atoms with Gasteiger partial charge in [0.2, 0.25) is 70.9 Å². The number of amides is 12. The van der Waals surface area contributed by atoms with Gasteiger partial charge in [-0.15, -0.1) is 0 Å². The second-order valence-electron chi connectivity index (χ2n) is 32.1. The highest BCUT2D eigenvalue weighted by atomic mass is 32.2. The van der Waals surface area contributed by atoms with E-state index in [1.54, 1.807) is 125 Å². The number of benzene rings is 5. The maximum atomic E-state index is 15.6. The molecule has 12 amide bonds. The largest absolute Gasteiger partial charge is 0.480 e. The zero-order valence-corrected chi connectivity index (χ0v) is 72.7. The molecule has 0 saturated carbocycles. The van der Waals surface area contributed by atoms with Crippen molar-refractivity contribution in [2.75, 3.05) is 97.1 Å². The molecule has 682 valence electrons. The number of nitrogens with zero attached hydrogens (tertiary/aromatic N) is 5. The smallest absolute Gasteiger partial charge is 0.317 e. The monoisotopic (exact) mass is 1770 g/mol. The molecule has 38 nitrogen and oxygen atoms in total. The van der Waals surface area contributed by atoms with Crippen LogP contribution < -0.4 is 64.6 Å². The van der Waals surface area contributed by atoms with Crippen molar-refractivity contribution in [1.29, 1.82) is 0 Å². The van der Waals surface area contributed by atoms with E-state index in [1.165, 1.54) is 43.3 Å². The fourth-order valence-electron chi connectivity index (χ4n) is 14.5. The van der Waals surface area contributed by atoms with Gasteiger partial charge in [-0.05, 0) is 83.6 Å². The van der Waals surface area contributed by atoms with Crippen molar-refractivity contribution in [3.05, 3.63) is 174 Å². The van der Waals surface area contributed by atoms with E-state index in [4.69, 9.17) is 11.5 Å². The van der Waals surface area contributed by atoms with Gasteiger partial charge in [0.1, 0.15) is 54.4 Å². The van der Waals surface area contributed by atoms with Crippen LogP contribution in [0.2, 0.25) is 0 Å². The van der Waals surface area contributed by atoms with Crippen molar-refractivity contribution < 1.29 is 92.0 Å². The first kappa shape index (κ1) is 99.4. The SMILES string of the molecule is CSCC[C@H](NC(=O)[C@H](CC(C)C)NC(=O)[C@H](Cc1cnc[nH]1)NC(=O)CNC(=O)[C@@H](NC(=O)[C@H](C)NC(=O)[C@H](Cc1c[nH]c2ccccc12)NC(=O)[C@H](CCC(N)=O)NC(=O)C(Cc1ccc(C(=O)c2ccccc2)cc1)NC(=O)[C@H](Cc1cccc2ccccc12)NC(=O)CN1CCN(CC(=O)O)CCN(CC(=O)O)CCN(CC(=O)O)CC1)C(C)C)C(N)=O. The highest BCUT2D eigenvalue weighted by Crippen LogP contribution is 2.23. The Kier molecular flexibility index (Phi) is 38.9. The predicted molar refractivity (Wildman–Crippen MR) is 472 cm³/mol. The van der Waals surface area contributed by atoms with E-state index in [2.05, 4.69) is 68.1 Å². The van der Waals surface area contributed by atoms with E-state index in [9.17, 15) is 77.6 Å². The number of imidazole rings is 1. The van der Waals surface area contributed by atoms with E-state index < -0.39 is 188 Å². The van der Waals surface area contributed by atoms with Crippen molar-refractivity contribution in [3.63, 3.8) is 0 Å². The molecule has 19 N–H and O–H groups in total. The second kappa shape index (κ2) is 49.6. The van der Waals surface area contributed by atoms with Crippen LogP contribution in [0.25, 0.3) is 21.7 Å². The zero-order chi connectivity index (χ0) is 92.4. The van der Waals surface area contributed by atoms with Crippen LogP contribution in [-0.4, -0.2) is 296 Å². The maximum Gasteiger partial charge on any atom is 0.317 e. The Balaban J connectivity index is 1.04. The number of aromatic amines is 2. The summed E-state index contributed by atoms with van der Waals surface area (Å²) in [5.41, 5.74) is 14.5. The van der Waals surface area contributed by atoms with Crippen molar-refractivity contribution in [2.24, 2.45) is 23.3 Å². The number of ketones is 1. The van der Waals surface area contributed by atoms with Crippen molar-refractivity contribution in [2.45, 2.75) is 140 Å². The summed E-state index contributed by atoms with van der Waals surface area (Å²) >= 11 is 1.44. The standard InChI is InChI=1S/C88H115N19O19S/c1-52(2)39-67(84(122)98-65(80(90)118)29-38-127-6)100-87(125)71(43-61-45-91-51-94-61)96-73(109)46-93-88(126)78(53(3)4)103-81(119)54(5)95-83(121)70(42-60-44-92-64-22-13-12-21-63(60)64)102-82(120)66(27-28-72(89)108)99-85(123)68(40-55-23-25-58(26-24-55)79(117)57-16-8-7-9-17-57)101-86(124)69(41-59-19-14-18-56-15-10-11-20-62(56)59)97-74(110)47-104-30-32-105(48-75(111)112)34-36-107(50-77(115)116)37-35-106(33-31-104)49-76(113)114/h7-26,44-45,51-54,65-71,78,92H,27-43,46-50H2,1-6H3,(H2,89,108)(H2,90,118)(H,91,94)(H,93,126)(H,95,121)(H,96,109)(H,97,110)(H,98,122)(H,99,123)(H,100,125)(H,101,124)(H,102,120)(H,103,119)(H,111,112)(H,113,114)(H,115,116)/t54-,65-,66-,67-,68?,69-,70-,71-,78-/m0/s1. The maximum absolute atomic E-state index is 15.6. The first-order valence-electron chi connectivity index (χ1n) is 41.9. The predicted octanol–water partition coefficient (Wildman–Crippen LogP) is -0.274. The number of rotatable bonds is 47. The molecule has 0 aliphatic carbocycles. The van der Waals surface area contributed by atoms with Gasteiger partial charge in [-0.2, -0.15) is 11.8 Å². The number of hydrogen-bond donors (Lipinski definition) is 17. The van der Waals surface area contributed by atoms with Gasteiger partial charge < -0.3 is 89.9 Å². The summed E-state index contributed by atoms with van der Waals surface area (Å²) in [7, 11) is 0. The molecule has 5 aromatic carbocycles. The number of aliphatic carboxylic acids is 3. The van der Waals surface area contributed by atoms with Crippen LogP contribution in [0.1, 0.15) is 98.6 Å². The van der Waals surface area contributed by atoms with E-state index in [1.807, 2.05) is 44.4 Å². The summed E-state index contributed by atoms with van der Waals surface area (Å²) in [5, 5.41) is 58.5. The molecule has 2 aromatic heterocycles. The first-order chi connectivity index (χ1) is 60.6. The van der Waals surface area contributed by atoms with Crippen molar-refractivity contribution in [1.82, 2.24) is 87.7 Å². The minimum absolute atomic E-state index is 0.0416. The highest BCUT2D eigenvalue weighted by Gasteiger charge is 2.37.